The van der Waals surface area contributed by atoms with Gasteiger partial charge in [-0.25, -0.2) is 0 Å². The molecule has 0 amide bonds. The highest BCUT2D eigenvalue weighted by Gasteiger charge is 2.45. The Morgan fingerprint density at radius 3 is 2.61 bits per heavy atom. The van der Waals surface area contributed by atoms with E-state index in [-0.39, 0.29) is 0 Å². The maximum Gasteiger partial charge on any atom is 0.0406 e. The average Bonchev–Trinajstić information content (AvgIpc) is 2.63. The molecular formula is C15H19Cl2N. The minimum atomic E-state index is 0.580. The number of halogens is 2. The molecule has 98 valence electrons. The summed E-state index contributed by atoms with van der Waals surface area (Å²) in [4.78, 5) is 2.56. The number of fused-ring (bicyclic) bond motifs is 2. The van der Waals surface area contributed by atoms with Crippen molar-refractivity contribution in [2.24, 2.45) is 5.92 Å². The molecular weight excluding hydrogens is 265 g/mol. The van der Waals surface area contributed by atoms with Crippen LogP contribution >= 0.6 is 23.2 Å². The summed E-state index contributed by atoms with van der Waals surface area (Å²) in [5.41, 5.74) is 1.41. The Kier molecular flexibility index (Phi) is 3.57. The molecule has 3 heteroatoms. The van der Waals surface area contributed by atoms with Gasteiger partial charge >= 0.3 is 0 Å². The molecule has 0 saturated carbocycles. The zero-order valence-electron chi connectivity index (χ0n) is 10.7. The second-order valence-electron chi connectivity index (χ2n) is 5.68. The zero-order chi connectivity index (χ0) is 12.7. The SMILES string of the molecule is CN1[C@H]2CC[C@@H]1[C@@H](CCl)[C@@H](c1ccc(Cl)cc1)C2. The van der Waals surface area contributed by atoms with Crippen LogP contribution in [0.15, 0.2) is 24.3 Å². The fraction of sp³-hybridized carbons (Fsp3) is 0.600. The predicted octanol–water partition coefficient (Wildman–Crippen LogP) is 4.15. The van der Waals surface area contributed by atoms with Gasteiger partial charge in [-0.1, -0.05) is 23.7 Å². The summed E-state index contributed by atoms with van der Waals surface area (Å²) < 4.78 is 0. The molecule has 2 saturated heterocycles. The monoisotopic (exact) mass is 283 g/mol. The van der Waals surface area contributed by atoms with E-state index in [2.05, 4.69) is 24.1 Å². The lowest BCUT2D eigenvalue weighted by Gasteiger charge is -2.42. The predicted molar refractivity (Wildman–Crippen MR) is 77.6 cm³/mol. The van der Waals surface area contributed by atoms with Gasteiger partial charge in [0, 0.05) is 23.0 Å². The van der Waals surface area contributed by atoms with Crippen molar-refractivity contribution in [2.75, 3.05) is 12.9 Å². The standard InChI is InChI=1S/C15H19Cl2N/c1-18-12-6-7-15(18)14(9-16)13(8-12)10-2-4-11(17)5-3-10/h2-5,12-15H,6-9H2,1H3/t12-,13+,14-,15+/m0/s1. The molecule has 0 aromatic heterocycles. The molecule has 2 bridgehead atoms. The third-order valence-electron chi connectivity index (χ3n) is 4.91. The molecule has 1 aromatic carbocycles. The summed E-state index contributed by atoms with van der Waals surface area (Å²) in [5, 5.41) is 0.817. The molecule has 0 spiro atoms. The Balaban J connectivity index is 1.89. The molecule has 2 fully saturated rings. The number of hydrogen-bond donors (Lipinski definition) is 0. The number of piperidine rings is 1. The molecule has 2 aliphatic heterocycles. The largest absolute Gasteiger partial charge is 0.300 e. The lowest BCUT2D eigenvalue weighted by molar-refractivity contribution is 0.111. The van der Waals surface area contributed by atoms with Crippen molar-refractivity contribution in [3.63, 3.8) is 0 Å². The van der Waals surface area contributed by atoms with Gasteiger partial charge < -0.3 is 4.90 Å². The highest BCUT2D eigenvalue weighted by atomic mass is 35.5. The van der Waals surface area contributed by atoms with Gasteiger partial charge in [0.25, 0.3) is 0 Å². The first-order chi connectivity index (χ1) is 8.70. The second kappa shape index (κ2) is 5.03. The van der Waals surface area contributed by atoms with E-state index < -0.39 is 0 Å². The molecule has 0 radical (unpaired) electrons. The van der Waals surface area contributed by atoms with Gasteiger partial charge in [0.05, 0.1) is 0 Å². The summed E-state index contributed by atoms with van der Waals surface area (Å²) in [5.74, 6) is 1.94. The molecule has 4 atom stereocenters. The quantitative estimate of drug-likeness (QED) is 0.738. The smallest absolute Gasteiger partial charge is 0.0406 e. The Hall–Kier alpha value is -0.240. The molecule has 1 aromatic rings. The summed E-state index contributed by atoms with van der Waals surface area (Å²) in [6.07, 6.45) is 3.88. The Bertz CT molecular complexity index is 417. The minimum Gasteiger partial charge on any atom is -0.300 e. The van der Waals surface area contributed by atoms with E-state index >= 15 is 0 Å². The molecule has 18 heavy (non-hydrogen) atoms. The third kappa shape index (κ3) is 2.07. The summed E-state index contributed by atoms with van der Waals surface area (Å²) in [6, 6.07) is 9.77. The van der Waals surface area contributed by atoms with Crippen LogP contribution in [0, 0.1) is 5.92 Å². The first-order valence-corrected chi connectivity index (χ1v) is 7.65. The molecule has 0 unspecified atom stereocenters. The van der Waals surface area contributed by atoms with Crippen LogP contribution in [0.2, 0.25) is 5.02 Å². The number of rotatable bonds is 2. The average molecular weight is 284 g/mol. The van der Waals surface area contributed by atoms with Crippen LogP contribution in [0.25, 0.3) is 0 Å². The number of nitrogens with zero attached hydrogens (tertiary/aromatic N) is 1. The van der Waals surface area contributed by atoms with Crippen LogP contribution < -0.4 is 0 Å². The zero-order valence-corrected chi connectivity index (χ0v) is 12.2. The van der Waals surface area contributed by atoms with Crippen LogP contribution in [-0.4, -0.2) is 29.9 Å². The summed E-state index contributed by atoms with van der Waals surface area (Å²) >= 11 is 12.2. The highest BCUT2D eigenvalue weighted by Crippen LogP contribution is 2.46. The van der Waals surface area contributed by atoms with Gasteiger partial charge in [-0.3, -0.25) is 0 Å². The van der Waals surface area contributed by atoms with E-state index in [0.29, 0.717) is 17.9 Å². The summed E-state index contributed by atoms with van der Waals surface area (Å²) in [7, 11) is 2.26. The van der Waals surface area contributed by atoms with Crippen LogP contribution in [0.3, 0.4) is 0 Å². The fourth-order valence-corrected chi connectivity index (χ4v) is 4.43. The third-order valence-corrected chi connectivity index (χ3v) is 5.52. The van der Waals surface area contributed by atoms with Gasteiger partial charge in [-0.2, -0.15) is 0 Å². The summed E-state index contributed by atoms with van der Waals surface area (Å²) in [6.45, 7) is 0. The minimum absolute atomic E-state index is 0.580. The molecule has 3 rings (SSSR count). The van der Waals surface area contributed by atoms with Gasteiger partial charge in [0.1, 0.15) is 0 Å². The first kappa shape index (κ1) is 12.8. The van der Waals surface area contributed by atoms with E-state index in [1.54, 1.807) is 0 Å². The first-order valence-electron chi connectivity index (χ1n) is 6.74. The van der Waals surface area contributed by atoms with E-state index in [0.717, 1.165) is 16.9 Å². The number of benzene rings is 1. The fourth-order valence-electron chi connectivity index (χ4n) is 3.88. The molecule has 2 heterocycles. The van der Waals surface area contributed by atoms with Crippen molar-refractivity contribution in [3.05, 3.63) is 34.9 Å². The van der Waals surface area contributed by atoms with E-state index in [1.165, 1.54) is 24.8 Å². The van der Waals surface area contributed by atoms with Crippen molar-refractivity contribution in [3.8, 4) is 0 Å². The Labute approximate surface area is 119 Å². The van der Waals surface area contributed by atoms with Crippen LogP contribution in [-0.2, 0) is 0 Å². The van der Waals surface area contributed by atoms with Crippen molar-refractivity contribution in [2.45, 2.75) is 37.3 Å². The molecule has 2 aliphatic rings. The van der Waals surface area contributed by atoms with Crippen molar-refractivity contribution < 1.29 is 0 Å². The van der Waals surface area contributed by atoms with Gasteiger partial charge in [0.15, 0.2) is 0 Å². The van der Waals surface area contributed by atoms with Gasteiger partial charge in [-0.15, -0.1) is 11.6 Å². The lowest BCUT2D eigenvalue weighted by Crippen LogP contribution is -2.46. The maximum atomic E-state index is 6.26. The Morgan fingerprint density at radius 2 is 1.94 bits per heavy atom. The van der Waals surface area contributed by atoms with Gasteiger partial charge in [0.2, 0.25) is 0 Å². The number of hydrogen-bond acceptors (Lipinski definition) is 1. The maximum absolute atomic E-state index is 6.26. The lowest BCUT2D eigenvalue weighted by atomic mass is 9.77. The van der Waals surface area contributed by atoms with Crippen LogP contribution in [0.4, 0.5) is 0 Å². The van der Waals surface area contributed by atoms with E-state index in [4.69, 9.17) is 23.2 Å². The van der Waals surface area contributed by atoms with Crippen molar-refractivity contribution in [1.82, 2.24) is 4.90 Å². The normalized spacial score (nSPS) is 35.9. The second-order valence-corrected chi connectivity index (χ2v) is 6.42. The molecule has 0 N–H and O–H groups in total. The Morgan fingerprint density at radius 1 is 1.22 bits per heavy atom. The molecule has 0 aliphatic carbocycles. The van der Waals surface area contributed by atoms with Crippen LogP contribution in [0.5, 0.6) is 0 Å². The van der Waals surface area contributed by atoms with E-state index in [1.807, 2.05) is 12.1 Å². The van der Waals surface area contributed by atoms with Gasteiger partial charge in [-0.05, 0) is 55.8 Å². The highest BCUT2D eigenvalue weighted by molar-refractivity contribution is 6.30. The topological polar surface area (TPSA) is 3.24 Å². The molecule has 1 nitrogen and oxygen atoms in total. The van der Waals surface area contributed by atoms with Crippen LogP contribution in [0.1, 0.15) is 30.7 Å². The number of alkyl halides is 1. The van der Waals surface area contributed by atoms with E-state index in [9.17, 15) is 0 Å². The van der Waals surface area contributed by atoms with Crippen molar-refractivity contribution in [1.29, 1.82) is 0 Å². The van der Waals surface area contributed by atoms with Crippen molar-refractivity contribution >= 4 is 23.2 Å².